The van der Waals surface area contributed by atoms with Gasteiger partial charge in [0.15, 0.2) is 12.1 Å². The predicted molar refractivity (Wildman–Crippen MR) is 106 cm³/mol. The number of carbonyl (C=O) groups is 1. The van der Waals surface area contributed by atoms with Crippen molar-refractivity contribution < 1.29 is 23.7 Å². The van der Waals surface area contributed by atoms with Gasteiger partial charge >= 0.3 is 0 Å². The third-order valence-electron chi connectivity index (χ3n) is 4.48. The highest BCUT2D eigenvalue weighted by atomic mass is 35.6. The van der Waals surface area contributed by atoms with Crippen molar-refractivity contribution in [1.29, 1.82) is 0 Å². The number of carbonyl (C=O) groups excluding carboxylic acids is 1. The van der Waals surface area contributed by atoms with Gasteiger partial charge in [-0.3, -0.25) is 4.79 Å². The molecule has 9 heteroatoms. The van der Waals surface area contributed by atoms with Crippen LogP contribution in [-0.4, -0.2) is 46.1 Å². The van der Waals surface area contributed by atoms with Gasteiger partial charge in [-0.2, -0.15) is 0 Å². The van der Waals surface area contributed by atoms with E-state index in [0.29, 0.717) is 6.61 Å². The van der Waals surface area contributed by atoms with Crippen LogP contribution < -0.4 is 5.32 Å². The molecule has 0 radical (unpaired) electrons. The van der Waals surface area contributed by atoms with Crippen LogP contribution in [0.15, 0.2) is 43.0 Å². The molecule has 3 rings (SSSR count). The molecule has 0 spiro atoms. The summed E-state index contributed by atoms with van der Waals surface area (Å²) in [7, 11) is 0. The van der Waals surface area contributed by atoms with Crippen molar-refractivity contribution in [1.82, 2.24) is 5.32 Å². The van der Waals surface area contributed by atoms with Crippen LogP contribution in [0.3, 0.4) is 0 Å². The largest absolute Gasteiger partial charge is 0.368 e. The zero-order chi connectivity index (χ0) is 20.5. The molecule has 2 fully saturated rings. The van der Waals surface area contributed by atoms with Crippen LogP contribution in [0.25, 0.3) is 0 Å². The van der Waals surface area contributed by atoms with Gasteiger partial charge < -0.3 is 24.3 Å². The molecule has 0 aromatic heterocycles. The first-order valence-corrected chi connectivity index (χ1v) is 9.91. The van der Waals surface area contributed by atoms with E-state index in [4.69, 9.17) is 53.8 Å². The molecule has 1 amide bonds. The number of amides is 1. The summed E-state index contributed by atoms with van der Waals surface area (Å²) >= 11 is 17.0. The number of rotatable bonds is 6. The van der Waals surface area contributed by atoms with Gasteiger partial charge in [0.1, 0.15) is 18.3 Å². The maximum Gasteiger partial charge on any atom is 0.272 e. The third kappa shape index (κ3) is 5.00. The van der Waals surface area contributed by atoms with E-state index in [-0.39, 0.29) is 0 Å². The smallest absolute Gasteiger partial charge is 0.272 e. The number of benzene rings is 1. The molecule has 0 bridgehead atoms. The number of fused-ring (bicyclic) bond motifs is 1. The standard InChI is InChI=1S/C19H22Cl3NO5/c1-4-12(23-17(24)19(20,21)22)13-14(25-10-11-8-6-5-7-9-11)15-16(26-13)28-18(2,3)27-15/h4-9,12-16H,1,10H2,2-3H3,(H,23,24)/t12-,13-,14-,15-,16-/m1/s1. The fourth-order valence-electron chi connectivity index (χ4n) is 3.26. The SMILES string of the molecule is C=C[C@@H](NC(=O)C(Cl)(Cl)Cl)[C@H]1O[C@@H]2OC(C)(C)O[C@@H]2[C@@H]1OCc1ccccc1. The predicted octanol–water partition coefficient (Wildman–Crippen LogP) is 3.49. The lowest BCUT2D eigenvalue weighted by Crippen LogP contribution is -2.51. The molecule has 2 heterocycles. The lowest BCUT2D eigenvalue weighted by molar-refractivity contribution is -0.221. The zero-order valence-electron chi connectivity index (χ0n) is 15.4. The monoisotopic (exact) mass is 449 g/mol. The van der Waals surface area contributed by atoms with E-state index in [1.807, 2.05) is 30.3 Å². The highest BCUT2D eigenvalue weighted by molar-refractivity contribution is 6.76. The number of hydrogen-bond acceptors (Lipinski definition) is 5. The molecule has 1 aromatic rings. The summed E-state index contributed by atoms with van der Waals surface area (Å²) in [6.45, 7) is 7.69. The molecule has 28 heavy (non-hydrogen) atoms. The van der Waals surface area contributed by atoms with E-state index in [0.717, 1.165) is 5.56 Å². The van der Waals surface area contributed by atoms with Gasteiger partial charge in [0.2, 0.25) is 0 Å². The van der Waals surface area contributed by atoms with Crippen LogP contribution in [0.2, 0.25) is 0 Å². The molecule has 1 N–H and O–H groups in total. The van der Waals surface area contributed by atoms with Crippen LogP contribution in [-0.2, 0) is 30.3 Å². The molecule has 0 unspecified atom stereocenters. The van der Waals surface area contributed by atoms with Crippen molar-refractivity contribution in [3.8, 4) is 0 Å². The Bertz CT molecular complexity index is 709. The highest BCUT2D eigenvalue weighted by Gasteiger charge is 2.57. The van der Waals surface area contributed by atoms with Crippen molar-refractivity contribution in [3.63, 3.8) is 0 Å². The van der Waals surface area contributed by atoms with Crippen LogP contribution in [0.4, 0.5) is 0 Å². The lowest BCUT2D eigenvalue weighted by Gasteiger charge is -2.30. The summed E-state index contributed by atoms with van der Waals surface area (Å²) in [6.07, 6.45) is -0.790. The first-order chi connectivity index (χ1) is 13.1. The summed E-state index contributed by atoms with van der Waals surface area (Å²) in [5, 5.41) is 2.62. The minimum atomic E-state index is -2.11. The minimum Gasteiger partial charge on any atom is -0.368 e. The van der Waals surface area contributed by atoms with E-state index in [1.54, 1.807) is 13.8 Å². The van der Waals surface area contributed by atoms with Gasteiger partial charge in [-0.1, -0.05) is 71.2 Å². The Hall–Kier alpha value is -0.860. The van der Waals surface area contributed by atoms with Gasteiger partial charge in [-0.15, -0.1) is 6.58 Å². The molecule has 1 aromatic carbocycles. The molecule has 154 valence electrons. The molecule has 2 aliphatic rings. The normalized spacial score (nSPS) is 29.9. The molecular formula is C19H22Cl3NO5. The quantitative estimate of drug-likeness (QED) is 0.531. The molecule has 0 aliphatic carbocycles. The van der Waals surface area contributed by atoms with Gasteiger partial charge in [-0.25, -0.2) is 0 Å². The molecular weight excluding hydrogens is 429 g/mol. The summed E-state index contributed by atoms with van der Waals surface area (Å²) < 4.78 is 21.8. The number of halogens is 3. The second kappa shape index (κ2) is 8.48. The van der Waals surface area contributed by atoms with Crippen molar-refractivity contribution in [2.24, 2.45) is 0 Å². The van der Waals surface area contributed by atoms with Crippen molar-refractivity contribution in [2.75, 3.05) is 0 Å². The van der Waals surface area contributed by atoms with Gasteiger partial charge in [0.05, 0.1) is 12.6 Å². The lowest BCUT2D eigenvalue weighted by atomic mass is 10.0. The third-order valence-corrected chi connectivity index (χ3v) is 4.99. The molecule has 6 nitrogen and oxygen atoms in total. The van der Waals surface area contributed by atoms with E-state index < -0.39 is 46.1 Å². The Morgan fingerprint density at radius 2 is 2.00 bits per heavy atom. The second-order valence-corrected chi connectivity index (χ2v) is 9.34. The molecule has 5 atom stereocenters. The van der Waals surface area contributed by atoms with Gasteiger partial charge in [0.25, 0.3) is 9.70 Å². The second-order valence-electron chi connectivity index (χ2n) is 7.06. The number of ether oxygens (including phenoxy) is 4. The van der Waals surface area contributed by atoms with Crippen molar-refractivity contribution in [3.05, 3.63) is 48.6 Å². The van der Waals surface area contributed by atoms with Gasteiger partial charge in [-0.05, 0) is 19.4 Å². The Morgan fingerprint density at radius 1 is 1.32 bits per heavy atom. The van der Waals surface area contributed by atoms with E-state index >= 15 is 0 Å². The fourth-order valence-corrected chi connectivity index (χ4v) is 3.42. The zero-order valence-corrected chi connectivity index (χ0v) is 17.7. The summed E-state index contributed by atoms with van der Waals surface area (Å²) in [6, 6.07) is 9.01. The Kier molecular flexibility index (Phi) is 6.61. The maximum absolute atomic E-state index is 12.1. The average Bonchev–Trinajstić information content (AvgIpc) is 3.09. The van der Waals surface area contributed by atoms with Crippen LogP contribution in [0.5, 0.6) is 0 Å². The van der Waals surface area contributed by atoms with Crippen LogP contribution in [0, 0.1) is 0 Å². The highest BCUT2D eigenvalue weighted by Crippen LogP contribution is 2.40. The maximum atomic E-state index is 12.1. The summed E-state index contributed by atoms with van der Waals surface area (Å²) in [5.41, 5.74) is 0.989. The van der Waals surface area contributed by atoms with E-state index in [1.165, 1.54) is 6.08 Å². The van der Waals surface area contributed by atoms with Crippen LogP contribution >= 0.6 is 34.8 Å². The number of alkyl halides is 3. The van der Waals surface area contributed by atoms with Crippen LogP contribution in [0.1, 0.15) is 19.4 Å². The number of nitrogens with one attached hydrogen (secondary N) is 1. The molecule has 2 aliphatic heterocycles. The summed E-state index contributed by atoms with van der Waals surface area (Å²) in [4.78, 5) is 12.1. The number of hydrogen-bond donors (Lipinski definition) is 1. The van der Waals surface area contributed by atoms with Crippen molar-refractivity contribution in [2.45, 2.75) is 60.7 Å². The average molecular weight is 451 g/mol. The molecule has 0 saturated carbocycles. The first-order valence-electron chi connectivity index (χ1n) is 8.77. The Labute approximate surface area is 179 Å². The fraction of sp³-hybridized carbons (Fsp3) is 0.526. The minimum absolute atomic E-state index is 0.334. The topological polar surface area (TPSA) is 66.0 Å². The molecule has 2 saturated heterocycles. The first kappa shape index (κ1) is 21.8. The van der Waals surface area contributed by atoms with Crippen molar-refractivity contribution >= 4 is 40.7 Å². The van der Waals surface area contributed by atoms with Gasteiger partial charge in [0, 0.05) is 0 Å². The Morgan fingerprint density at radius 3 is 2.61 bits per heavy atom. The Balaban J connectivity index is 1.77. The summed E-state index contributed by atoms with van der Waals surface area (Å²) in [5.74, 6) is -1.59. The van der Waals surface area contributed by atoms with E-state index in [9.17, 15) is 4.79 Å². The van der Waals surface area contributed by atoms with E-state index in [2.05, 4.69) is 11.9 Å².